The molecule has 0 atom stereocenters. The number of hydrogen-bond donors (Lipinski definition) is 0. The average molecular weight is 100 g/mol. The molecule has 0 aromatic heterocycles. The van der Waals surface area contributed by atoms with E-state index in [1.165, 1.54) is 0 Å². The molecule has 0 fully saturated rings. The van der Waals surface area contributed by atoms with E-state index in [1.807, 2.05) is 20.8 Å². The van der Waals surface area contributed by atoms with Crippen molar-refractivity contribution in [2.45, 2.75) is 26.3 Å². The summed E-state index contributed by atoms with van der Waals surface area (Å²) in [5.74, 6) is 0. The quantitative estimate of drug-likeness (QED) is 0.442. The maximum Gasteiger partial charge on any atom is 0.228 e. The standard InChI is InChI=1S/C5H10NO/c1-5(2,3)6-4-7/h4H,1-3H3. The Morgan fingerprint density at radius 1 is 1.43 bits per heavy atom. The molecule has 0 rings (SSSR count). The van der Waals surface area contributed by atoms with Crippen LogP contribution in [0.25, 0.3) is 0 Å². The fourth-order valence-electron chi connectivity index (χ4n) is 0.158. The fraction of sp³-hybridized carbons (Fsp3) is 0.800. The zero-order valence-corrected chi connectivity index (χ0v) is 4.93. The molecule has 0 N–H and O–H groups in total. The summed E-state index contributed by atoms with van der Waals surface area (Å²) in [6, 6.07) is 0. The third-order valence-corrected chi connectivity index (χ3v) is 0.440. The van der Waals surface area contributed by atoms with E-state index < -0.39 is 0 Å². The summed E-state index contributed by atoms with van der Waals surface area (Å²) in [5.41, 5.74) is -0.193. The third kappa shape index (κ3) is 5.47. The maximum absolute atomic E-state index is 9.65. The van der Waals surface area contributed by atoms with Gasteiger partial charge in [0.15, 0.2) is 0 Å². The van der Waals surface area contributed by atoms with Crippen molar-refractivity contribution >= 4 is 6.41 Å². The van der Waals surface area contributed by atoms with Gasteiger partial charge in [-0.1, -0.05) is 0 Å². The van der Waals surface area contributed by atoms with Crippen molar-refractivity contribution in [1.82, 2.24) is 5.32 Å². The molecule has 0 saturated carbocycles. The zero-order chi connectivity index (χ0) is 5.91. The topological polar surface area (TPSA) is 31.2 Å². The summed E-state index contributed by atoms with van der Waals surface area (Å²) in [5, 5.41) is 3.58. The van der Waals surface area contributed by atoms with E-state index in [0.717, 1.165) is 0 Å². The second-order valence-electron chi connectivity index (χ2n) is 2.41. The second-order valence-corrected chi connectivity index (χ2v) is 2.41. The molecule has 0 spiro atoms. The Labute approximate surface area is 43.9 Å². The van der Waals surface area contributed by atoms with Gasteiger partial charge in [0.1, 0.15) is 0 Å². The van der Waals surface area contributed by atoms with Crippen LogP contribution in [-0.2, 0) is 4.79 Å². The lowest BCUT2D eigenvalue weighted by Crippen LogP contribution is -2.27. The highest BCUT2D eigenvalue weighted by molar-refractivity contribution is 5.46. The molecule has 41 valence electrons. The van der Waals surface area contributed by atoms with Crippen LogP contribution in [0.15, 0.2) is 0 Å². The van der Waals surface area contributed by atoms with E-state index in [4.69, 9.17) is 0 Å². The van der Waals surface area contributed by atoms with Crippen molar-refractivity contribution in [3.8, 4) is 0 Å². The van der Waals surface area contributed by atoms with Crippen LogP contribution in [0.3, 0.4) is 0 Å². The van der Waals surface area contributed by atoms with Gasteiger partial charge in [-0.15, -0.1) is 0 Å². The maximum atomic E-state index is 9.65. The Balaban J connectivity index is 3.34. The lowest BCUT2D eigenvalue weighted by atomic mass is 10.1. The molecular weight excluding hydrogens is 90.1 g/mol. The summed E-state index contributed by atoms with van der Waals surface area (Å²) < 4.78 is 0. The highest BCUT2D eigenvalue weighted by Crippen LogP contribution is 1.96. The molecule has 0 heterocycles. The second kappa shape index (κ2) is 1.96. The number of amides is 1. The van der Waals surface area contributed by atoms with Gasteiger partial charge in [-0.2, -0.15) is 0 Å². The van der Waals surface area contributed by atoms with Gasteiger partial charge in [-0.3, -0.25) is 4.79 Å². The molecule has 2 heteroatoms. The summed E-state index contributed by atoms with van der Waals surface area (Å²) >= 11 is 0. The summed E-state index contributed by atoms with van der Waals surface area (Å²) in [4.78, 5) is 9.65. The van der Waals surface area contributed by atoms with E-state index >= 15 is 0 Å². The lowest BCUT2D eigenvalue weighted by molar-refractivity contribution is -0.111. The fourth-order valence-corrected chi connectivity index (χ4v) is 0.158. The number of hydrogen-bond acceptors (Lipinski definition) is 1. The Morgan fingerprint density at radius 2 is 1.86 bits per heavy atom. The number of carbonyl (C=O) groups is 1. The molecule has 0 aromatic rings. The van der Waals surface area contributed by atoms with Crippen LogP contribution in [0.2, 0.25) is 0 Å². The molecule has 0 saturated heterocycles. The zero-order valence-electron chi connectivity index (χ0n) is 4.93. The normalized spacial score (nSPS) is 10.7. The molecule has 0 aliphatic carbocycles. The predicted octanol–water partition coefficient (Wildman–Crippen LogP) is 0.546. The largest absolute Gasteiger partial charge is 0.277 e. The van der Waals surface area contributed by atoms with E-state index in [2.05, 4.69) is 5.32 Å². The molecule has 0 bridgehead atoms. The smallest absolute Gasteiger partial charge is 0.228 e. The van der Waals surface area contributed by atoms with Crippen LogP contribution in [0.4, 0.5) is 0 Å². The van der Waals surface area contributed by atoms with Gasteiger partial charge in [-0.05, 0) is 20.8 Å². The van der Waals surface area contributed by atoms with Gasteiger partial charge < -0.3 is 0 Å². The lowest BCUT2D eigenvalue weighted by Gasteiger charge is -2.11. The molecule has 0 unspecified atom stereocenters. The average Bonchev–Trinajstić information content (AvgIpc) is 1.30. The van der Waals surface area contributed by atoms with Gasteiger partial charge in [0.25, 0.3) is 0 Å². The molecular formula is C5H10NO. The van der Waals surface area contributed by atoms with Gasteiger partial charge >= 0.3 is 0 Å². The van der Waals surface area contributed by atoms with Crippen molar-refractivity contribution in [2.75, 3.05) is 0 Å². The minimum atomic E-state index is -0.193. The number of carbonyl (C=O) groups excluding carboxylic acids is 1. The van der Waals surface area contributed by atoms with Crippen molar-refractivity contribution < 1.29 is 4.79 Å². The Hall–Kier alpha value is -0.530. The van der Waals surface area contributed by atoms with Crippen molar-refractivity contribution in [2.24, 2.45) is 0 Å². The van der Waals surface area contributed by atoms with E-state index in [9.17, 15) is 4.79 Å². The molecule has 0 aromatic carbocycles. The number of rotatable bonds is 1. The monoisotopic (exact) mass is 100 g/mol. The molecule has 7 heavy (non-hydrogen) atoms. The molecule has 1 radical (unpaired) electrons. The Kier molecular flexibility index (Phi) is 1.81. The first-order valence-corrected chi connectivity index (χ1v) is 2.22. The van der Waals surface area contributed by atoms with Crippen LogP contribution >= 0.6 is 0 Å². The van der Waals surface area contributed by atoms with Crippen LogP contribution < -0.4 is 5.32 Å². The van der Waals surface area contributed by atoms with Crippen LogP contribution in [0.1, 0.15) is 20.8 Å². The molecule has 0 aliphatic rings. The van der Waals surface area contributed by atoms with Gasteiger partial charge in [0, 0.05) is 0 Å². The Bertz CT molecular complexity index is 63.0. The van der Waals surface area contributed by atoms with Crippen LogP contribution in [0, 0.1) is 0 Å². The van der Waals surface area contributed by atoms with Crippen LogP contribution in [0.5, 0.6) is 0 Å². The minimum Gasteiger partial charge on any atom is -0.277 e. The highest BCUT2D eigenvalue weighted by Gasteiger charge is 2.07. The van der Waals surface area contributed by atoms with Crippen molar-refractivity contribution in [1.29, 1.82) is 0 Å². The van der Waals surface area contributed by atoms with Crippen molar-refractivity contribution in [3.05, 3.63) is 0 Å². The van der Waals surface area contributed by atoms with E-state index in [-0.39, 0.29) is 5.54 Å². The summed E-state index contributed by atoms with van der Waals surface area (Å²) in [6.07, 6.45) is 0.583. The third-order valence-electron chi connectivity index (χ3n) is 0.440. The van der Waals surface area contributed by atoms with Gasteiger partial charge in [0.2, 0.25) is 6.41 Å². The first kappa shape index (κ1) is 6.47. The highest BCUT2D eigenvalue weighted by atomic mass is 16.1. The van der Waals surface area contributed by atoms with Crippen molar-refractivity contribution in [3.63, 3.8) is 0 Å². The molecule has 1 amide bonds. The summed E-state index contributed by atoms with van der Waals surface area (Å²) in [7, 11) is 0. The SMILES string of the molecule is CC(C)(C)[N]C=O. The Morgan fingerprint density at radius 3 is 1.86 bits per heavy atom. The van der Waals surface area contributed by atoms with E-state index in [1.54, 1.807) is 0 Å². The van der Waals surface area contributed by atoms with Crippen LogP contribution in [-0.4, -0.2) is 11.9 Å². The van der Waals surface area contributed by atoms with E-state index in [0.29, 0.717) is 6.41 Å². The first-order chi connectivity index (χ1) is 3.06. The molecule has 0 aliphatic heterocycles. The predicted molar refractivity (Wildman–Crippen MR) is 28.0 cm³/mol. The first-order valence-electron chi connectivity index (χ1n) is 2.22. The molecule has 2 nitrogen and oxygen atoms in total. The van der Waals surface area contributed by atoms with Gasteiger partial charge in [-0.25, -0.2) is 5.32 Å². The number of nitrogens with zero attached hydrogens (tertiary/aromatic N) is 1. The summed E-state index contributed by atoms with van der Waals surface area (Å²) in [6.45, 7) is 5.63. The minimum absolute atomic E-state index is 0.193. The van der Waals surface area contributed by atoms with Gasteiger partial charge in [0.05, 0.1) is 5.54 Å².